The van der Waals surface area contributed by atoms with Crippen molar-refractivity contribution in [2.24, 2.45) is 0 Å². The average Bonchev–Trinajstić information content (AvgIpc) is 3.36. The molecule has 0 radical (unpaired) electrons. The van der Waals surface area contributed by atoms with Crippen molar-refractivity contribution < 1.29 is 23.8 Å². The van der Waals surface area contributed by atoms with Crippen LogP contribution in [0.1, 0.15) is 27.7 Å². The average molecular weight is 396 g/mol. The monoisotopic (exact) mass is 396 g/mol. The molecule has 7 nitrogen and oxygen atoms in total. The molecule has 1 fully saturated rings. The van der Waals surface area contributed by atoms with Crippen LogP contribution in [0.15, 0.2) is 58.4 Å². The molecule has 0 unspecified atom stereocenters. The number of ether oxygens (including phenoxy) is 1. The number of benzene rings is 1. The zero-order chi connectivity index (χ0) is 20.4. The first-order chi connectivity index (χ1) is 14.1. The summed E-state index contributed by atoms with van der Waals surface area (Å²) < 4.78 is 10.6. The topological polar surface area (TPSA) is 83.2 Å². The molecule has 0 aliphatic carbocycles. The van der Waals surface area contributed by atoms with Crippen molar-refractivity contribution in [3.8, 4) is 0 Å². The third-order valence-corrected chi connectivity index (χ3v) is 5.45. The van der Waals surface area contributed by atoms with Crippen LogP contribution in [0, 0.1) is 6.92 Å². The first kappa shape index (κ1) is 19.4. The standard InChI is InChI=1S/C22H24N2O5/c1-15-4-6-16(7-5-15)19-18(20(25)17-3-2-12-29-17)21(26)22(27)24(19)9-8-23-10-13-28-14-11-23/h2-7,12,19,26H,8-11,13-14H2,1H3/t19-/m1/s1. The third-order valence-electron chi connectivity index (χ3n) is 5.45. The maximum atomic E-state index is 13.0. The van der Waals surface area contributed by atoms with Gasteiger partial charge in [0.25, 0.3) is 5.91 Å². The number of ketones is 1. The highest BCUT2D eigenvalue weighted by atomic mass is 16.5. The Morgan fingerprint density at radius 3 is 2.52 bits per heavy atom. The predicted molar refractivity (Wildman–Crippen MR) is 106 cm³/mol. The number of amides is 1. The number of carbonyl (C=O) groups is 2. The van der Waals surface area contributed by atoms with Crippen molar-refractivity contribution >= 4 is 11.7 Å². The number of hydrogen-bond donors (Lipinski definition) is 1. The number of Topliss-reactive ketones (excluding diaryl/α,β-unsaturated/α-hetero) is 1. The van der Waals surface area contributed by atoms with E-state index in [2.05, 4.69) is 4.90 Å². The summed E-state index contributed by atoms with van der Waals surface area (Å²) in [6, 6.07) is 10.1. The fourth-order valence-electron chi connectivity index (χ4n) is 3.83. The molecule has 0 bridgehead atoms. The lowest BCUT2D eigenvalue weighted by Crippen LogP contribution is -2.43. The van der Waals surface area contributed by atoms with E-state index in [-0.39, 0.29) is 11.3 Å². The van der Waals surface area contributed by atoms with E-state index in [0.29, 0.717) is 26.3 Å². The Morgan fingerprint density at radius 1 is 1.14 bits per heavy atom. The first-order valence-electron chi connectivity index (χ1n) is 9.75. The molecule has 1 atom stereocenters. The van der Waals surface area contributed by atoms with E-state index >= 15 is 0 Å². The number of nitrogens with zero attached hydrogens (tertiary/aromatic N) is 2. The number of rotatable bonds is 6. The molecule has 0 saturated carbocycles. The highest BCUT2D eigenvalue weighted by Crippen LogP contribution is 2.39. The van der Waals surface area contributed by atoms with Gasteiger partial charge in [0.1, 0.15) is 0 Å². The smallest absolute Gasteiger partial charge is 0.290 e. The molecule has 7 heteroatoms. The molecule has 2 aromatic rings. The van der Waals surface area contributed by atoms with Crippen molar-refractivity contribution in [3.05, 3.63) is 70.9 Å². The molecule has 1 N–H and O–H groups in total. The lowest BCUT2D eigenvalue weighted by molar-refractivity contribution is -0.129. The lowest BCUT2D eigenvalue weighted by atomic mass is 9.94. The Bertz CT molecular complexity index is 911. The highest BCUT2D eigenvalue weighted by molar-refractivity contribution is 6.15. The minimum Gasteiger partial charge on any atom is -0.503 e. The van der Waals surface area contributed by atoms with Gasteiger partial charge >= 0.3 is 0 Å². The van der Waals surface area contributed by atoms with Crippen molar-refractivity contribution in [1.82, 2.24) is 9.80 Å². The summed E-state index contributed by atoms with van der Waals surface area (Å²) in [5.74, 6) is -1.40. The van der Waals surface area contributed by atoms with Gasteiger partial charge in [0, 0.05) is 26.2 Å². The molecule has 152 valence electrons. The molecule has 3 heterocycles. The summed E-state index contributed by atoms with van der Waals surface area (Å²) in [6.45, 7) is 5.96. The zero-order valence-corrected chi connectivity index (χ0v) is 16.3. The molecular weight excluding hydrogens is 372 g/mol. The highest BCUT2D eigenvalue weighted by Gasteiger charge is 2.44. The Kier molecular flexibility index (Phi) is 5.51. The zero-order valence-electron chi connectivity index (χ0n) is 16.3. The second-order valence-corrected chi connectivity index (χ2v) is 7.33. The van der Waals surface area contributed by atoms with Gasteiger partial charge in [0.2, 0.25) is 5.78 Å². The van der Waals surface area contributed by atoms with E-state index in [1.165, 1.54) is 12.3 Å². The maximum Gasteiger partial charge on any atom is 0.290 e. The third kappa shape index (κ3) is 3.83. The van der Waals surface area contributed by atoms with Crippen molar-refractivity contribution in [3.63, 3.8) is 0 Å². The SMILES string of the molecule is Cc1ccc([C@@H]2C(C(=O)c3ccco3)=C(O)C(=O)N2CCN2CCOCC2)cc1. The molecule has 1 aromatic carbocycles. The molecule has 1 saturated heterocycles. The number of hydrogen-bond acceptors (Lipinski definition) is 6. The second-order valence-electron chi connectivity index (χ2n) is 7.33. The van der Waals surface area contributed by atoms with Crippen LogP contribution in [0.25, 0.3) is 0 Å². The predicted octanol–water partition coefficient (Wildman–Crippen LogP) is 2.50. The number of aliphatic hydroxyl groups is 1. The minimum atomic E-state index is -0.651. The van der Waals surface area contributed by atoms with Crippen molar-refractivity contribution in [2.75, 3.05) is 39.4 Å². The van der Waals surface area contributed by atoms with Gasteiger partial charge in [-0.1, -0.05) is 29.8 Å². The number of carbonyl (C=O) groups excluding carboxylic acids is 2. The van der Waals surface area contributed by atoms with E-state index in [1.54, 1.807) is 11.0 Å². The van der Waals surface area contributed by atoms with Crippen LogP contribution in [0.5, 0.6) is 0 Å². The molecule has 1 aromatic heterocycles. The minimum absolute atomic E-state index is 0.0655. The summed E-state index contributed by atoms with van der Waals surface area (Å²) >= 11 is 0. The van der Waals surface area contributed by atoms with Crippen LogP contribution in [0.2, 0.25) is 0 Å². The van der Waals surface area contributed by atoms with Crippen LogP contribution in [0.3, 0.4) is 0 Å². The van der Waals surface area contributed by atoms with Crippen LogP contribution >= 0.6 is 0 Å². The second kappa shape index (κ2) is 8.23. The number of furan rings is 1. The van der Waals surface area contributed by atoms with Gasteiger partial charge in [0.05, 0.1) is 31.1 Å². The molecule has 2 aliphatic rings. The normalized spacial score (nSPS) is 20.5. The maximum absolute atomic E-state index is 13.0. The number of aliphatic hydroxyl groups excluding tert-OH is 1. The summed E-state index contributed by atoms with van der Waals surface area (Å²) in [4.78, 5) is 29.7. The lowest BCUT2D eigenvalue weighted by Gasteiger charge is -2.31. The molecule has 4 rings (SSSR count). The van der Waals surface area contributed by atoms with E-state index in [1.807, 2.05) is 31.2 Å². The Balaban J connectivity index is 1.66. The largest absolute Gasteiger partial charge is 0.503 e. The summed E-state index contributed by atoms with van der Waals surface area (Å²) in [6.07, 6.45) is 1.40. The van der Waals surface area contributed by atoms with Gasteiger partial charge in [-0.05, 0) is 24.6 Å². The van der Waals surface area contributed by atoms with E-state index in [0.717, 1.165) is 24.2 Å². The first-order valence-corrected chi connectivity index (χ1v) is 9.75. The Labute approximate surface area is 169 Å². The summed E-state index contributed by atoms with van der Waals surface area (Å²) in [5.41, 5.74) is 1.92. The van der Waals surface area contributed by atoms with Gasteiger partial charge in [-0.15, -0.1) is 0 Å². The summed E-state index contributed by atoms with van der Waals surface area (Å²) in [7, 11) is 0. The van der Waals surface area contributed by atoms with Crippen LogP contribution in [0.4, 0.5) is 0 Å². The fraction of sp³-hybridized carbons (Fsp3) is 0.364. The van der Waals surface area contributed by atoms with E-state index in [9.17, 15) is 14.7 Å². The van der Waals surface area contributed by atoms with E-state index in [4.69, 9.17) is 9.15 Å². The Morgan fingerprint density at radius 2 is 1.86 bits per heavy atom. The molecule has 1 amide bonds. The van der Waals surface area contributed by atoms with Crippen molar-refractivity contribution in [1.29, 1.82) is 0 Å². The van der Waals surface area contributed by atoms with Gasteiger partial charge in [0.15, 0.2) is 11.5 Å². The van der Waals surface area contributed by atoms with Gasteiger partial charge in [-0.2, -0.15) is 0 Å². The van der Waals surface area contributed by atoms with Crippen molar-refractivity contribution in [2.45, 2.75) is 13.0 Å². The molecule has 0 spiro atoms. The van der Waals surface area contributed by atoms with Crippen LogP contribution in [-0.4, -0.2) is 66.0 Å². The molecule has 29 heavy (non-hydrogen) atoms. The number of aryl methyl sites for hydroxylation is 1. The molecule has 2 aliphatic heterocycles. The van der Waals surface area contributed by atoms with E-state index < -0.39 is 23.5 Å². The van der Waals surface area contributed by atoms with Gasteiger partial charge in [-0.3, -0.25) is 14.5 Å². The number of morpholine rings is 1. The fourth-order valence-corrected chi connectivity index (χ4v) is 3.83. The van der Waals surface area contributed by atoms with Crippen LogP contribution < -0.4 is 0 Å². The van der Waals surface area contributed by atoms with Crippen LogP contribution in [-0.2, 0) is 9.53 Å². The molecular formula is C22H24N2O5. The van der Waals surface area contributed by atoms with Gasteiger partial charge in [-0.25, -0.2) is 0 Å². The van der Waals surface area contributed by atoms with Gasteiger partial charge < -0.3 is 19.2 Å². The Hall–Kier alpha value is -2.90. The summed E-state index contributed by atoms with van der Waals surface area (Å²) in [5, 5.41) is 10.6. The quantitative estimate of drug-likeness (QED) is 0.756.